The Morgan fingerprint density at radius 2 is 2.25 bits per heavy atom. The molecule has 1 heterocycles. The van der Waals surface area contributed by atoms with Gasteiger partial charge in [-0.25, -0.2) is 4.79 Å². The Labute approximate surface area is 88.6 Å². The van der Waals surface area contributed by atoms with Crippen molar-refractivity contribution in [2.24, 2.45) is 0 Å². The standard InChI is InChI=1S/C9H9F3O4/c1-5(9(10,11)12)16-4-7-6(8(13)14)2-3-15-7/h2-3,5H,4H2,1H3,(H,13,14). The van der Waals surface area contributed by atoms with Crippen LogP contribution >= 0.6 is 0 Å². The summed E-state index contributed by atoms with van der Waals surface area (Å²) in [6.45, 7) is 0.304. The van der Waals surface area contributed by atoms with E-state index >= 15 is 0 Å². The Morgan fingerprint density at radius 1 is 1.62 bits per heavy atom. The Bertz CT molecular complexity index is 369. The first-order valence-electron chi connectivity index (χ1n) is 4.30. The lowest BCUT2D eigenvalue weighted by molar-refractivity contribution is -0.218. The molecule has 1 rings (SSSR count). The Morgan fingerprint density at radius 3 is 2.75 bits per heavy atom. The van der Waals surface area contributed by atoms with Crippen molar-refractivity contribution in [2.45, 2.75) is 25.8 Å². The molecule has 0 amide bonds. The maximum atomic E-state index is 12.1. The van der Waals surface area contributed by atoms with Crippen molar-refractivity contribution < 1.29 is 32.2 Å². The molecule has 1 N–H and O–H groups in total. The molecule has 1 unspecified atom stereocenters. The number of alkyl halides is 3. The summed E-state index contributed by atoms with van der Waals surface area (Å²) in [5.74, 6) is -1.41. The molecule has 0 saturated carbocycles. The van der Waals surface area contributed by atoms with Gasteiger partial charge < -0.3 is 14.3 Å². The Kier molecular flexibility index (Phi) is 3.58. The van der Waals surface area contributed by atoms with Gasteiger partial charge in [0.2, 0.25) is 0 Å². The number of carboxylic acids is 1. The Balaban J connectivity index is 2.62. The normalized spacial score (nSPS) is 13.8. The molecule has 4 nitrogen and oxygen atoms in total. The van der Waals surface area contributed by atoms with E-state index in [0.29, 0.717) is 0 Å². The molecule has 0 saturated heterocycles. The number of rotatable bonds is 4. The van der Waals surface area contributed by atoms with Gasteiger partial charge in [0.25, 0.3) is 0 Å². The third kappa shape index (κ3) is 2.99. The van der Waals surface area contributed by atoms with Crippen LogP contribution < -0.4 is 0 Å². The fourth-order valence-corrected chi connectivity index (χ4v) is 0.938. The topological polar surface area (TPSA) is 59.7 Å². The van der Waals surface area contributed by atoms with Crippen molar-refractivity contribution in [1.82, 2.24) is 0 Å². The van der Waals surface area contributed by atoms with Gasteiger partial charge in [0.05, 0.1) is 6.26 Å². The van der Waals surface area contributed by atoms with Crippen LogP contribution in [0.2, 0.25) is 0 Å². The highest BCUT2D eigenvalue weighted by molar-refractivity contribution is 5.88. The molecule has 1 atom stereocenters. The molecule has 0 aliphatic heterocycles. The van der Waals surface area contributed by atoms with E-state index in [-0.39, 0.29) is 11.3 Å². The minimum absolute atomic E-state index is 0.136. The summed E-state index contributed by atoms with van der Waals surface area (Å²) in [7, 11) is 0. The molecule has 1 aromatic rings. The van der Waals surface area contributed by atoms with Gasteiger partial charge in [-0.1, -0.05) is 0 Å². The number of halogens is 3. The molecular formula is C9H9F3O4. The van der Waals surface area contributed by atoms with Crippen LogP contribution in [0.25, 0.3) is 0 Å². The van der Waals surface area contributed by atoms with Crippen LogP contribution in [0.3, 0.4) is 0 Å². The summed E-state index contributed by atoms with van der Waals surface area (Å²) in [5.41, 5.74) is -0.200. The summed E-state index contributed by atoms with van der Waals surface area (Å²) in [5, 5.41) is 8.64. The number of carboxylic acid groups (broad SMARTS) is 1. The van der Waals surface area contributed by atoms with Gasteiger partial charge in [-0.05, 0) is 13.0 Å². The quantitative estimate of drug-likeness (QED) is 0.875. The molecule has 0 bridgehead atoms. The molecule has 90 valence electrons. The zero-order valence-electron chi connectivity index (χ0n) is 8.25. The molecule has 0 spiro atoms. The second kappa shape index (κ2) is 4.56. The third-order valence-electron chi connectivity index (χ3n) is 1.90. The van der Waals surface area contributed by atoms with Crippen molar-refractivity contribution in [1.29, 1.82) is 0 Å². The van der Waals surface area contributed by atoms with Crippen molar-refractivity contribution in [2.75, 3.05) is 0 Å². The van der Waals surface area contributed by atoms with E-state index < -0.39 is 24.9 Å². The minimum atomic E-state index is -4.48. The highest BCUT2D eigenvalue weighted by atomic mass is 19.4. The molecule has 0 aromatic carbocycles. The van der Waals surface area contributed by atoms with E-state index in [9.17, 15) is 18.0 Å². The summed E-state index contributed by atoms with van der Waals surface area (Å²) in [6.07, 6.45) is -5.37. The van der Waals surface area contributed by atoms with Crippen LogP contribution in [0, 0.1) is 0 Å². The van der Waals surface area contributed by atoms with Crippen LogP contribution in [0.4, 0.5) is 13.2 Å². The van der Waals surface area contributed by atoms with Crippen LogP contribution in [-0.2, 0) is 11.3 Å². The summed E-state index contributed by atoms with van der Waals surface area (Å²) >= 11 is 0. The minimum Gasteiger partial charge on any atom is -0.478 e. The van der Waals surface area contributed by atoms with E-state index in [1.807, 2.05) is 0 Å². The number of ether oxygens (including phenoxy) is 1. The molecule has 0 aliphatic carbocycles. The number of furan rings is 1. The first-order valence-corrected chi connectivity index (χ1v) is 4.30. The highest BCUT2D eigenvalue weighted by Crippen LogP contribution is 2.24. The third-order valence-corrected chi connectivity index (χ3v) is 1.90. The smallest absolute Gasteiger partial charge is 0.414 e. The predicted molar refractivity (Wildman–Crippen MR) is 46.0 cm³/mol. The largest absolute Gasteiger partial charge is 0.478 e. The van der Waals surface area contributed by atoms with Crippen LogP contribution in [0.5, 0.6) is 0 Å². The SMILES string of the molecule is CC(OCc1occc1C(=O)O)C(F)(F)F. The monoisotopic (exact) mass is 238 g/mol. The van der Waals surface area contributed by atoms with Crippen molar-refractivity contribution in [3.63, 3.8) is 0 Å². The second-order valence-electron chi connectivity index (χ2n) is 3.06. The average molecular weight is 238 g/mol. The first kappa shape index (κ1) is 12.6. The first-order chi connectivity index (χ1) is 7.32. The van der Waals surface area contributed by atoms with E-state index in [0.717, 1.165) is 19.3 Å². The molecule has 0 aliphatic rings. The van der Waals surface area contributed by atoms with E-state index in [1.165, 1.54) is 0 Å². The molecule has 7 heteroatoms. The summed E-state index contributed by atoms with van der Waals surface area (Å²) in [4.78, 5) is 10.6. The predicted octanol–water partition coefficient (Wildman–Crippen LogP) is 2.45. The number of hydrogen-bond donors (Lipinski definition) is 1. The fourth-order valence-electron chi connectivity index (χ4n) is 0.938. The highest BCUT2D eigenvalue weighted by Gasteiger charge is 2.37. The molecule has 0 fully saturated rings. The number of carbonyl (C=O) groups is 1. The second-order valence-corrected chi connectivity index (χ2v) is 3.06. The van der Waals surface area contributed by atoms with Crippen molar-refractivity contribution in [3.8, 4) is 0 Å². The summed E-state index contributed by atoms with van der Waals surface area (Å²) < 4.78 is 45.4. The van der Waals surface area contributed by atoms with Gasteiger partial charge in [0.15, 0.2) is 6.10 Å². The maximum absolute atomic E-state index is 12.1. The maximum Gasteiger partial charge on any atom is 0.414 e. The number of hydrogen-bond acceptors (Lipinski definition) is 3. The van der Waals surface area contributed by atoms with E-state index in [1.54, 1.807) is 0 Å². The average Bonchev–Trinajstić information content (AvgIpc) is 2.60. The van der Waals surface area contributed by atoms with E-state index in [4.69, 9.17) is 9.52 Å². The zero-order chi connectivity index (χ0) is 12.3. The van der Waals surface area contributed by atoms with Crippen LogP contribution in [-0.4, -0.2) is 23.4 Å². The van der Waals surface area contributed by atoms with Gasteiger partial charge >= 0.3 is 12.1 Å². The Hall–Kier alpha value is -1.50. The van der Waals surface area contributed by atoms with Gasteiger partial charge in [0, 0.05) is 0 Å². The molecule has 0 radical (unpaired) electrons. The van der Waals surface area contributed by atoms with Crippen LogP contribution in [0.1, 0.15) is 23.0 Å². The lowest BCUT2D eigenvalue weighted by Crippen LogP contribution is -2.28. The molecular weight excluding hydrogens is 229 g/mol. The zero-order valence-corrected chi connectivity index (χ0v) is 8.25. The van der Waals surface area contributed by atoms with E-state index in [2.05, 4.69) is 4.74 Å². The molecule has 1 aromatic heterocycles. The van der Waals surface area contributed by atoms with Crippen molar-refractivity contribution in [3.05, 3.63) is 23.7 Å². The van der Waals surface area contributed by atoms with Crippen molar-refractivity contribution >= 4 is 5.97 Å². The fraction of sp³-hybridized carbons (Fsp3) is 0.444. The van der Waals surface area contributed by atoms with Gasteiger partial charge in [0.1, 0.15) is 17.9 Å². The molecule has 16 heavy (non-hydrogen) atoms. The summed E-state index contributed by atoms with van der Waals surface area (Å²) in [6, 6.07) is 1.15. The van der Waals surface area contributed by atoms with Gasteiger partial charge in [-0.15, -0.1) is 0 Å². The van der Waals surface area contributed by atoms with Gasteiger partial charge in [-0.3, -0.25) is 0 Å². The van der Waals surface area contributed by atoms with Crippen LogP contribution in [0.15, 0.2) is 16.7 Å². The number of aromatic carboxylic acids is 1. The van der Waals surface area contributed by atoms with Gasteiger partial charge in [-0.2, -0.15) is 13.2 Å². The lowest BCUT2D eigenvalue weighted by atomic mass is 10.2. The lowest BCUT2D eigenvalue weighted by Gasteiger charge is -2.15.